The summed E-state index contributed by atoms with van der Waals surface area (Å²) < 4.78 is 23.3. The molecule has 2 N–H and O–H groups in total. The lowest BCUT2D eigenvalue weighted by Crippen LogP contribution is -2.45. The van der Waals surface area contributed by atoms with Crippen molar-refractivity contribution in [1.29, 1.82) is 0 Å². The number of unbranched alkanes of at least 4 members (excludes halogenated alkanes) is 21. The molecule has 0 aromatic rings. The third-order valence-electron chi connectivity index (χ3n) is 12.4. The van der Waals surface area contributed by atoms with Crippen LogP contribution in [0.1, 0.15) is 226 Å². The van der Waals surface area contributed by atoms with E-state index in [0.29, 0.717) is 17.4 Å². The molecule has 8 nitrogen and oxygen atoms in total. The van der Waals surface area contributed by atoms with Crippen LogP contribution in [0.15, 0.2) is 122 Å². The molecule has 0 fully saturated rings. The van der Waals surface area contributed by atoms with Crippen LogP contribution < -0.4 is 10.2 Å². The van der Waals surface area contributed by atoms with Crippen molar-refractivity contribution in [3.8, 4) is 0 Å². The molecular formula is C64H111N2O6P. The van der Waals surface area contributed by atoms with Gasteiger partial charge in [0.15, 0.2) is 0 Å². The van der Waals surface area contributed by atoms with Crippen LogP contribution in [0.5, 0.6) is 0 Å². The number of phosphoric ester groups is 1. The molecule has 0 saturated carbocycles. The van der Waals surface area contributed by atoms with Crippen LogP contribution in [-0.2, 0) is 18.4 Å². The molecule has 0 aliphatic heterocycles. The topological polar surface area (TPSA) is 108 Å². The molecule has 0 heterocycles. The molecule has 0 saturated heterocycles. The predicted octanol–water partition coefficient (Wildman–Crippen LogP) is 17.5. The van der Waals surface area contributed by atoms with E-state index in [-0.39, 0.29) is 12.5 Å². The second-order valence-corrected chi connectivity index (χ2v) is 22.0. The van der Waals surface area contributed by atoms with Crippen molar-refractivity contribution in [2.24, 2.45) is 0 Å². The Kier molecular flexibility index (Phi) is 51.4. The minimum atomic E-state index is -4.62. The molecule has 0 aliphatic rings. The van der Waals surface area contributed by atoms with Crippen LogP contribution >= 0.6 is 7.82 Å². The van der Waals surface area contributed by atoms with E-state index in [2.05, 4.69) is 129 Å². The van der Waals surface area contributed by atoms with Crippen molar-refractivity contribution >= 4 is 13.7 Å². The first kappa shape index (κ1) is 69.9. The van der Waals surface area contributed by atoms with Gasteiger partial charge in [-0.25, -0.2) is 0 Å². The van der Waals surface area contributed by atoms with Gasteiger partial charge in [0.05, 0.1) is 39.9 Å². The van der Waals surface area contributed by atoms with Crippen molar-refractivity contribution in [1.82, 2.24) is 5.32 Å². The molecule has 3 atom stereocenters. The van der Waals surface area contributed by atoms with Crippen LogP contribution in [0.3, 0.4) is 0 Å². The Labute approximate surface area is 450 Å². The van der Waals surface area contributed by atoms with E-state index >= 15 is 0 Å². The highest BCUT2D eigenvalue weighted by molar-refractivity contribution is 7.45. The zero-order chi connectivity index (χ0) is 53.5. The van der Waals surface area contributed by atoms with E-state index in [1.54, 1.807) is 6.08 Å². The number of nitrogens with zero attached hydrogens (tertiary/aromatic N) is 1. The number of likely N-dealkylation sites (N-methyl/N-ethyl adjacent to an activating group) is 1. The summed E-state index contributed by atoms with van der Waals surface area (Å²) >= 11 is 0. The molecule has 73 heavy (non-hydrogen) atoms. The average Bonchev–Trinajstić information content (AvgIpc) is 3.35. The zero-order valence-corrected chi connectivity index (χ0v) is 48.4. The van der Waals surface area contributed by atoms with Gasteiger partial charge in [-0.1, -0.05) is 238 Å². The Morgan fingerprint density at radius 1 is 0.493 bits per heavy atom. The highest BCUT2D eigenvalue weighted by Gasteiger charge is 2.23. The maximum Gasteiger partial charge on any atom is 0.268 e. The number of rotatable bonds is 52. The van der Waals surface area contributed by atoms with Gasteiger partial charge in [0.25, 0.3) is 7.82 Å². The molecule has 0 spiro atoms. The van der Waals surface area contributed by atoms with Gasteiger partial charge in [-0.15, -0.1) is 0 Å². The molecular weight excluding hydrogens is 924 g/mol. The van der Waals surface area contributed by atoms with Gasteiger partial charge in [0.1, 0.15) is 13.2 Å². The van der Waals surface area contributed by atoms with E-state index in [0.717, 1.165) is 103 Å². The molecule has 0 aromatic heterocycles. The second-order valence-electron chi connectivity index (χ2n) is 20.6. The Hall–Kier alpha value is -3.10. The molecule has 1 amide bonds. The number of allylic oxidation sites excluding steroid dienone is 19. The monoisotopic (exact) mass is 1030 g/mol. The lowest BCUT2D eigenvalue weighted by atomic mass is 10.1. The summed E-state index contributed by atoms with van der Waals surface area (Å²) in [7, 11) is 1.21. The minimum Gasteiger partial charge on any atom is -0.756 e. The smallest absolute Gasteiger partial charge is 0.268 e. The van der Waals surface area contributed by atoms with Gasteiger partial charge in [0.2, 0.25) is 5.91 Å². The number of amides is 1. The SMILES string of the molecule is CC/C=C\C/C=C\C/C=C\C/C=C\C/C=C\C/C=C\C/C=C\CCCCCCCCCCCC(=O)NC(COP(=O)([O-])OCC[N+](C)(C)C)C(O)/C=C/CC/C=C/CC/C=C/CCCCCCCCCCCC. The van der Waals surface area contributed by atoms with E-state index in [1.807, 2.05) is 27.2 Å². The van der Waals surface area contributed by atoms with Crippen LogP contribution in [0.4, 0.5) is 0 Å². The largest absolute Gasteiger partial charge is 0.756 e. The lowest BCUT2D eigenvalue weighted by molar-refractivity contribution is -0.870. The van der Waals surface area contributed by atoms with Crippen molar-refractivity contribution in [3.63, 3.8) is 0 Å². The number of phosphoric acid groups is 1. The van der Waals surface area contributed by atoms with Crippen LogP contribution in [-0.4, -0.2) is 68.5 Å². The van der Waals surface area contributed by atoms with Crippen LogP contribution in [0.25, 0.3) is 0 Å². The number of hydrogen-bond donors (Lipinski definition) is 2. The van der Waals surface area contributed by atoms with Gasteiger partial charge in [-0.3, -0.25) is 9.36 Å². The maximum atomic E-state index is 13.0. The number of carbonyl (C=O) groups is 1. The number of aliphatic hydroxyl groups is 1. The Morgan fingerprint density at radius 2 is 0.849 bits per heavy atom. The van der Waals surface area contributed by atoms with Gasteiger partial charge >= 0.3 is 0 Å². The fourth-order valence-electron chi connectivity index (χ4n) is 7.81. The quantitative estimate of drug-likeness (QED) is 0.0272. The van der Waals surface area contributed by atoms with Crippen molar-refractivity contribution in [3.05, 3.63) is 122 Å². The molecule has 0 aliphatic carbocycles. The fourth-order valence-corrected chi connectivity index (χ4v) is 8.53. The molecule has 0 radical (unpaired) electrons. The van der Waals surface area contributed by atoms with E-state index in [1.165, 1.54) is 103 Å². The molecule has 9 heteroatoms. The zero-order valence-electron chi connectivity index (χ0n) is 47.5. The summed E-state index contributed by atoms with van der Waals surface area (Å²) in [6, 6.07) is -0.922. The predicted molar refractivity (Wildman–Crippen MR) is 315 cm³/mol. The summed E-state index contributed by atoms with van der Waals surface area (Å²) in [5, 5.41) is 13.9. The maximum absolute atomic E-state index is 13.0. The second kappa shape index (κ2) is 53.7. The molecule has 0 bridgehead atoms. The standard InChI is InChI=1S/C64H111N2O6P/c1-6-8-10-12-14-16-18-20-22-24-26-28-29-30-31-32-33-34-35-36-37-38-40-42-44-46-48-50-52-54-56-58-64(68)65-62(61-72-73(69,70)71-60-59-66(3,4)5)63(67)57-55-53-51-49-47-45-43-41-39-27-25-23-21-19-17-15-13-11-9-7-2/h8,10,14,16,20,22,26,28,30-31,33-34,36-37,39,41,47,49,55,57,62-63,67H,6-7,9,11-13,15,17-19,21,23-25,27,29,32,35,38,40,42-46,48,50-54,56,58-61H2,1-5H3,(H-,65,68,69,70)/b10-8-,16-14-,22-20-,28-26-,31-30-,34-33-,37-36-,41-39+,49-47+,57-55+. The van der Waals surface area contributed by atoms with E-state index in [4.69, 9.17) is 9.05 Å². The normalized spacial score (nSPS) is 14.8. The van der Waals surface area contributed by atoms with Gasteiger partial charge in [-0.2, -0.15) is 0 Å². The molecule has 3 unspecified atom stereocenters. The average molecular weight is 1040 g/mol. The number of carbonyl (C=O) groups excluding carboxylic acids is 1. The summed E-state index contributed by atoms with van der Waals surface area (Å²) in [6.07, 6.45) is 79.9. The highest BCUT2D eigenvalue weighted by atomic mass is 31.2. The number of aliphatic hydroxyl groups excluding tert-OH is 1. The highest BCUT2D eigenvalue weighted by Crippen LogP contribution is 2.38. The third-order valence-corrected chi connectivity index (χ3v) is 13.3. The van der Waals surface area contributed by atoms with Crippen molar-refractivity contribution in [2.75, 3.05) is 40.9 Å². The Bertz CT molecular complexity index is 1600. The Balaban J connectivity index is 4.29. The summed E-state index contributed by atoms with van der Waals surface area (Å²) in [4.78, 5) is 25.5. The Morgan fingerprint density at radius 3 is 1.27 bits per heavy atom. The van der Waals surface area contributed by atoms with Crippen LogP contribution in [0, 0.1) is 0 Å². The first-order valence-electron chi connectivity index (χ1n) is 29.4. The lowest BCUT2D eigenvalue weighted by Gasteiger charge is -2.29. The summed E-state index contributed by atoms with van der Waals surface area (Å²) in [5.74, 6) is -0.223. The van der Waals surface area contributed by atoms with Crippen molar-refractivity contribution < 1.29 is 32.9 Å². The molecule has 418 valence electrons. The van der Waals surface area contributed by atoms with Gasteiger partial charge in [-0.05, 0) is 103 Å². The van der Waals surface area contributed by atoms with E-state index in [9.17, 15) is 19.4 Å². The summed E-state index contributed by atoms with van der Waals surface area (Å²) in [6.45, 7) is 4.49. The van der Waals surface area contributed by atoms with Gasteiger partial charge in [0, 0.05) is 6.42 Å². The first-order valence-corrected chi connectivity index (χ1v) is 30.9. The summed E-state index contributed by atoms with van der Waals surface area (Å²) in [5.41, 5.74) is 0. The fraction of sp³-hybridized carbons (Fsp3) is 0.672. The third kappa shape index (κ3) is 56.5. The van der Waals surface area contributed by atoms with Gasteiger partial charge < -0.3 is 28.8 Å². The molecule has 0 rings (SSSR count). The number of hydrogen-bond acceptors (Lipinski definition) is 6. The van der Waals surface area contributed by atoms with Crippen LogP contribution in [0.2, 0.25) is 0 Å². The minimum absolute atomic E-state index is 0.0165. The molecule has 0 aromatic carbocycles. The number of quaternary nitrogens is 1. The van der Waals surface area contributed by atoms with E-state index < -0.39 is 26.6 Å². The first-order chi connectivity index (χ1) is 35.5. The number of nitrogens with one attached hydrogen (secondary N) is 1. The van der Waals surface area contributed by atoms with Crippen molar-refractivity contribution in [2.45, 2.75) is 238 Å².